The van der Waals surface area contributed by atoms with E-state index in [1.54, 1.807) is 6.07 Å². The van der Waals surface area contributed by atoms with Gasteiger partial charge in [0.05, 0.1) is 18.0 Å². The summed E-state index contributed by atoms with van der Waals surface area (Å²) in [4.78, 5) is 0. The molecule has 0 amide bonds. The van der Waals surface area contributed by atoms with Gasteiger partial charge in [-0.25, -0.2) is 8.42 Å². The highest BCUT2D eigenvalue weighted by atomic mass is 32.2. The molecule has 0 fully saturated rings. The lowest BCUT2D eigenvalue weighted by Crippen LogP contribution is -2.21. The number of hydrogen-bond acceptors (Lipinski definition) is 5. The maximum atomic E-state index is 11.3. The summed E-state index contributed by atoms with van der Waals surface area (Å²) in [5, 5.41) is 23.1. The molecule has 0 heterocycles. The molecular formula is C17H22N2O4S. The lowest BCUT2D eigenvalue weighted by Gasteiger charge is -2.15. The summed E-state index contributed by atoms with van der Waals surface area (Å²) in [6.45, 7) is 2.94. The van der Waals surface area contributed by atoms with E-state index >= 15 is 0 Å². The van der Waals surface area contributed by atoms with Crippen molar-refractivity contribution >= 4 is 15.7 Å². The second kappa shape index (κ2) is 7.65. The van der Waals surface area contributed by atoms with Crippen molar-refractivity contribution < 1.29 is 18.6 Å². The Morgan fingerprint density at radius 3 is 2.42 bits per heavy atom. The minimum Gasteiger partial charge on any atom is -0.506 e. The van der Waals surface area contributed by atoms with Crippen molar-refractivity contribution in [2.45, 2.75) is 19.6 Å². The number of hydrogen-bond donors (Lipinski definition) is 4. The van der Waals surface area contributed by atoms with Gasteiger partial charge >= 0.3 is 0 Å². The predicted octanol–water partition coefficient (Wildman–Crippen LogP) is 1.90. The highest BCUT2D eigenvalue weighted by molar-refractivity contribution is 7.92. The number of phenolic OH excluding ortho intramolecular Hbond substituents is 1. The van der Waals surface area contributed by atoms with Gasteiger partial charge in [0, 0.05) is 13.1 Å². The van der Waals surface area contributed by atoms with Crippen molar-refractivity contribution in [2.75, 3.05) is 17.5 Å². The normalized spacial score (nSPS) is 12.8. The molecule has 1 atom stereocenters. The Bertz CT molecular complexity index is 789. The van der Waals surface area contributed by atoms with E-state index in [-0.39, 0.29) is 11.4 Å². The first kappa shape index (κ1) is 18.3. The lowest BCUT2D eigenvalue weighted by atomic mass is 10.1. The van der Waals surface area contributed by atoms with Crippen LogP contribution in [0, 0.1) is 6.92 Å². The van der Waals surface area contributed by atoms with Crippen LogP contribution in [0.15, 0.2) is 42.5 Å². The smallest absolute Gasteiger partial charge is 0.229 e. The summed E-state index contributed by atoms with van der Waals surface area (Å²) >= 11 is 0. The molecule has 0 aromatic heterocycles. The van der Waals surface area contributed by atoms with Gasteiger partial charge in [0.1, 0.15) is 5.75 Å². The highest BCUT2D eigenvalue weighted by Gasteiger charge is 2.12. The average molecular weight is 350 g/mol. The van der Waals surface area contributed by atoms with Crippen molar-refractivity contribution in [2.24, 2.45) is 0 Å². The first-order chi connectivity index (χ1) is 11.2. The number of aliphatic hydroxyl groups is 1. The van der Waals surface area contributed by atoms with Crippen molar-refractivity contribution in [1.29, 1.82) is 0 Å². The van der Waals surface area contributed by atoms with Crippen LogP contribution in [0.3, 0.4) is 0 Å². The van der Waals surface area contributed by atoms with Crippen LogP contribution in [0.2, 0.25) is 0 Å². The van der Waals surface area contributed by atoms with Gasteiger partial charge in [0.2, 0.25) is 10.0 Å². The minimum absolute atomic E-state index is 0.0487. The van der Waals surface area contributed by atoms with Crippen LogP contribution >= 0.6 is 0 Å². The first-order valence-corrected chi connectivity index (χ1v) is 9.39. The Hall–Kier alpha value is -2.09. The number of phenols is 1. The molecule has 0 aliphatic carbocycles. The van der Waals surface area contributed by atoms with E-state index in [0.29, 0.717) is 18.7 Å². The van der Waals surface area contributed by atoms with Gasteiger partial charge in [-0.15, -0.1) is 0 Å². The fraction of sp³-hybridized carbons (Fsp3) is 0.294. The average Bonchev–Trinajstić information content (AvgIpc) is 2.50. The van der Waals surface area contributed by atoms with Crippen LogP contribution in [0.4, 0.5) is 5.69 Å². The second-order valence-corrected chi connectivity index (χ2v) is 7.53. The van der Waals surface area contributed by atoms with Crippen molar-refractivity contribution in [3.63, 3.8) is 0 Å². The summed E-state index contributed by atoms with van der Waals surface area (Å²) in [5.41, 5.74) is 2.86. The van der Waals surface area contributed by atoms with Crippen LogP contribution in [0.5, 0.6) is 5.75 Å². The topological polar surface area (TPSA) is 98.7 Å². The summed E-state index contributed by atoms with van der Waals surface area (Å²) < 4.78 is 24.8. The molecule has 4 N–H and O–H groups in total. The van der Waals surface area contributed by atoms with Crippen LogP contribution in [0.25, 0.3) is 0 Å². The zero-order valence-corrected chi connectivity index (χ0v) is 14.5. The van der Waals surface area contributed by atoms with Gasteiger partial charge < -0.3 is 15.5 Å². The molecule has 2 aromatic rings. The Morgan fingerprint density at radius 2 is 1.79 bits per heavy atom. The molecule has 7 heteroatoms. The van der Waals surface area contributed by atoms with E-state index in [0.717, 1.165) is 11.8 Å². The number of nitrogens with one attached hydrogen (secondary N) is 2. The third-order valence-corrected chi connectivity index (χ3v) is 4.08. The van der Waals surface area contributed by atoms with Crippen molar-refractivity contribution in [3.8, 4) is 5.75 Å². The molecular weight excluding hydrogens is 328 g/mol. The molecule has 1 unspecified atom stereocenters. The fourth-order valence-electron chi connectivity index (χ4n) is 2.22. The van der Waals surface area contributed by atoms with E-state index in [1.807, 2.05) is 31.2 Å². The zero-order chi connectivity index (χ0) is 17.7. The van der Waals surface area contributed by atoms with E-state index in [2.05, 4.69) is 10.0 Å². The molecule has 0 saturated carbocycles. The number of rotatable bonds is 7. The number of benzene rings is 2. The summed E-state index contributed by atoms with van der Waals surface area (Å²) in [7, 11) is -3.51. The third-order valence-electron chi connectivity index (χ3n) is 3.49. The van der Waals surface area contributed by atoms with Gasteiger partial charge in [0.15, 0.2) is 0 Å². The molecule has 130 valence electrons. The number of aliphatic hydroxyl groups excluding tert-OH is 1. The largest absolute Gasteiger partial charge is 0.506 e. The van der Waals surface area contributed by atoms with Gasteiger partial charge in [0.25, 0.3) is 0 Å². The van der Waals surface area contributed by atoms with Crippen molar-refractivity contribution in [3.05, 3.63) is 59.2 Å². The van der Waals surface area contributed by atoms with Gasteiger partial charge in [-0.2, -0.15) is 0 Å². The van der Waals surface area contributed by atoms with E-state index < -0.39 is 16.1 Å². The first-order valence-electron chi connectivity index (χ1n) is 7.49. The molecule has 0 bridgehead atoms. The fourth-order valence-corrected chi connectivity index (χ4v) is 2.78. The molecule has 6 nitrogen and oxygen atoms in total. The van der Waals surface area contributed by atoms with Crippen LogP contribution in [-0.4, -0.2) is 31.4 Å². The van der Waals surface area contributed by atoms with Gasteiger partial charge in [-0.05, 0) is 30.2 Å². The molecule has 0 saturated heterocycles. The molecule has 2 rings (SSSR count). The van der Waals surface area contributed by atoms with Gasteiger partial charge in [-0.1, -0.05) is 35.9 Å². The maximum absolute atomic E-state index is 11.3. The van der Waals surface area contributed by atoms with E-state index in [4.69, 9.17) is 0 Å². The molecule has 0 spiro atoms. The second-order valence-electron chi connectivity index (χ2n) is 5.78. The number of aryl methyl sites for hydroxylation is 1. The Kier molecular flexibility index (Phi) is 5.82. The summed E-state index contributed by atoms with van der Waals surface area (Å²) in [6, 6.07) is 12.4. The molecule has 24 heavy (non-hydrogen) atoms. The molecule has 0 radical (unpaired) electrons. The van der Waals surface area contributed by atoms with Gasteiger partial charge in [-0.3, -0.25) is 4.72 Å². The van der Waals surface area contributed by atoms with E-state index in [9.17, 15) is 18.6 Å². The zero-order valence-electron chi connectivity index (χ0n) is 13.7. The Balaban J connectivity index is 1.97. The number of sulfonamides is 1. The quantitative estimate of drug-likeness (QED) is 0.572. The van der Waals surface area contributed by atoms with Crippen LogP contribution in [-0.2, 0) is 16.6 Å². The predicted molar refractivity (Wildman–Crippen MR) is 94.4 cm³/mol. The lowest BCUT2D eigenvalue weighted by molar-refractivity contribution is 0.174. The van der Waals surface area contributed by atoms with E-state index in [1.165, 1.54) is 17.7 Å². The summed E-state index contributed by atoms with van der Waals surface area (Å²) in [5.74, 6) is -0.191. The number of aromatic hydroxyl groups is 1. The molecule has 0 aliphatic heterocycles. The maximum Gasteiger partial charge on any atom is 0.229 e. The number of anilines is 1. The molecule has 0 aliphatic rings. The van der Waals surface area contributed by atoms with Crippen LogP contribution in [0.1, 0.15) is 22.8 Å². The Labute approximate surface area is 142 Å². The third kappa shape index (κ3) is 5.52. The Morgan fingerprint density at radius 1 is 1.12 bits per heavy atom. The summed E-state index contributed by atoms with van der Waals surface area (Å²) in [6.07, 6.45) is 0.176. The molecule has 2 aromatic carbocycles. The van der Waals surface area contributed by atoms with Crippen molar-refractivity contribution in [1.82, 2.24) is 5.32 Å². The highest BCUT2D eigenvalue weighted by Crippen LogP contribution is 2.27. The SMILES string of the molecule is Cc1ccc(CNCC(O)c2ccc(O)c(NS(C)(=O)=O)c2)cc1. The van der Waals surface area contributed by atoms with Crippen LogP contribution < -0.4 is 10.0 Å². The standard InChI is InChI=1S/C17H22N2O4S/c1-12-3-5-13(6-4-12)10-18-11-17(21)14-7-8-16(20)15(9-14)19-24(2,22)23/h3-9,17-21H,10-11H2,1-2H3. The monoisotopic (exact) mass is 350 g/mol. The minimum atomic E-state index is -3.51.